The van der Waals surface area contributed by atoms with Crippen molar-refractivity contribution in [1.82, 2.24) is 4.90 Å². The lowest BCUT2D eigenvalue weighted by Crippen LogP contribution is -2.40. The topological polar surface area (TPSA) is 3.24 Å². The molecule has 0 aliphatic carbocycles. The van der Waals surface area contributed by atoms with E-state index in [1.54, 1.807) is 0 Å². The largest absolute Gasteiger partial charge is 0.312 e. The van der Waals surface area contributed by atoms with Gasteiger partial charge in [-0.2, -0.15) is 0 Å². The van der Waals surface area contributed by atoms with Crippen LogP contribution in [0, 0.1) is 0 Å². The van der Waals surface area contributed by atoms with Crippen LogP contribution in [0.5, 0.6) is 0 Å². The van der Waals surface area contributed by atoms with E-state index in [2.05, 4.69) is 51.2 Å². The molecule has 0 N–H and O–H groups in total. The molecule has 12 heavy (non-hydrogen) atoms. The van der Waals surface area contributed by atoms with Gasteiger partial charge < -0.3 is 4.90 Å². The summed E-state index contributed by atoms with van der Waals surface area (Å²) in [6.45, 7) is 6.89. The molecular weight excluding hydrogens is 162 g/mol. The Labute approximate surface area is 78.5 Å². The second-order valence-corrected chi connectivity index (χ2v) is 8.60. The van der Waals surface area contributed by atoms with Crippen molar-refractivity contribution in [3.63, 3.8) is 0 Å². The maximum absolute atomic E-state index is 2.47. The van der Waals surface area contributed by atoms with Crippen LogP contribution < -0.4 is 0 Å². The third-order valence-electron chi connectivity index (χ3n) is 2.07. The highest BCUT2D eigenvalue weighted by Crippen LogP contribution is 2.14. The number of rotatable bonds is 5. The standard InChI is InChI=1S/C10H23NSi/c1-6-8-12(5,9-7-2)10-11(3)4/h6,8H,7,9-10H2,1-5H3. The summed E-state index contributed by atoms with van der Waals surface area (Å²) in [5, 5.41) is 0. The maximum atomic E-state index is 2.47. The molecule has 0 spiro atoms. The number of hydrogen-bond acceptors (Lipinski definition) is 1. The van der Waals surface area contributed by atoms with Crippen molar-refractivity contribution in [2.45, 2.75) is 32.9 Å². The minimum absolute atomic E-state index is 1.07. The van der Waals surface area contributed by atoms with Gasteiger partial charge in [0.25, 0.3) is 0 Å². The van der Waals surface area contributed by atoms with Gasteiger partial charge >= 0.3 is 0 Å². The molecular formula is C10H23NSi. The summed E-state index contributed by atoms with van der Waals surface area (Å²) in [7, 11) is 3.27. The molecule has 0 amide bonds. The minimum Gasteiger partial charge on any atom is -0.312 e. The third kappa shape index (κ3) is 4.73. The van der Waals surface area contributed by atoms with Gasteiger partial charge in [-0.15, -0.1) is 0 Å². The molecule has 0 radical (unpaired) electrons. The van der Waals surface area contributed by atoms with Gasteiger partial charge in [0.15, 0.2) is 0 Å². The van der Waals surface area contributed by atoms with E-state index in [-0.39, 0.29) is 0 Å². The molecule has 1 nitrogen and oxygen atoms in total. The van der Waals surface area contributed by atoms with Crippen LogP contribution in [0.25, 0.3) is 0 Å². The minimum atomic E-state index is -1.07. The fraction of sp³-hybridized carbons (Fsp3) is 0.800. The van der Waals surface area contributed by atoms with E-state index in [0.717, 1.165) is 0 Å². The molecule has 0 bridgehead atoms. The zero-order valence-corrected chi connectivity index (χ0v) is 10.2. The van der Waals surface area contributed by atoms with Gasteiger partial charge in [-0.3, -0.25) is 0 Å². The molecule has 0 aromatic rings. The molecule has 0 saturated heterocycles. The third-order valence-corrected chi connectivity index (χ3v) is 6.20. The van der Waals surface area contributed by atoms with E-state index in [4.69, 9.17) is 0 Å². The predicted molar refractivity (Wildman–Crippen MR) is 60.1 cm³/mol. The fourth-order valence-electron chi connectivity index (χ4n) is 1.91. The Morgan fingerprint density at radius 2 is 1.92 bits per heavy atom. The van der Waals surface area contributed by atoms with Crippen LogP contribution in [-0.2, 0) is 0 Å². The summed E-state index contributed by atoms with van der Waals surface area (Å²) in [5.41, 5.74) is 2.47. The average molecular weight is 185 g/mol. The molecule has 0 aliphatic heterocycles. The highest BCUT2D eigenvalue weighted by molar-refractivity contribution is 6.83. The Hall–Kier alpha value is -0.0831. The summed E-state index contributed by atoms with van der Waals surface area (Å²) >= 11 is 0. The van der Waals surface area contributed by atoms with Gasteiger partial charge in [0.1, 0.15) is 0 Å². The Bertz CT molecular complexity index is 143. The average Bonchev–Trinajstić information content (AvgIpc) is 1.85. The number of hydrogen-bond donors (Lipinski definition) is 0. The zero-order chi connectivity index (χ0) is 9.61. The molecule has 72 valence electrons. The molecule has 0 aromatic heterocycles. The lowest BCUT2D eigenvalue weighted by atomic mass is 10.6. The normalized spacial score (nSPS) is 17.2. The molecule has 1 unspecified atom stereocenters. The number of nitrogens with zero attached hydrogens (tertiary/aromatic N) is 1. The molecule has 1 atom stereocenters. The summed E-state index contributed by atoms with van der Waals surface area (Å²) in [4.78, 5) is 2.32. The quantitative estimate of drug-likeness (QED) is 0.595. The fourth-order valence-corrected chi connectivity index (χ4v) is 5.73. The Kier molecular flexibility index (Phi) is 5.50. The Balaban J connectivity index is 4.17. The number of allylic oxidation sites excluding steroid dienone is 1. The lowest BCUT2D eigenvalue weighted by molar-refractivity contribution is 0.470. The first-order valence-electron chi connectivity index (χ1n) is 4.82. The van der Waals surface area contributed by atoms with Crippen molar-refractivity contribution in [2.75, 3.05) is 20.3 Å². The van der Waals surface area contributed by atoms with Crippen LogP contribution in [0.1, 0.15) is 20.3 Å². The van der Waals surface area contributed by atoms with Gasteiger partial charge in [0.2, 0.25) is 0 Å². The molecule has 0 aliphatic rings. The van der Waals surface area contributed by atoms with Crippen LogP contribution in [0.15, 0.2) is 11.8 Å². The second-order valence-electron chi connectivity index (χ2n) is 4.14. The van der Waals surface area contributed by atoms with Crippen molar-refractivity contribution in [2.24, 2.45) is 0 Å². The molecule has 0 heterocycles. The van der Waals surface area contributed by atoms with Gasteiger partial charge in [-0.1, -0.05) is 37.7 Å². The van der Waals surface area contributed by atoms with Crippen molar-refractivity contribution in [3.05, 3.63) is 11.8 Å². The van der Waals surface area contributed by atoms with E-state index < -0.39 is 8.07 Å². The predicted octanol–water partition coefficient (Wildman–Crippen LogP) is 2.69. The van der Waals surface area contributed by atoms with E-state index in [9.17, 15) is 0 Å². The molecule has 0 aromatic carbocycles. The summed E-state index contributed by atoms with van der Waals surface area (Å²) in [5.74, 6) is 0. The van der Waals surface area contributed by atoms with Crippen molar-refractivity contribution < 1.29 is 0 Å². The first-order chi connectivity index (χ1) is 5.54. The van der Waals surface area contributed by atoms with E-state index in [0.29, 0.717) is 0 Å². The highest BCUT2D eigenvalue weighted by atomic mass is 28.3. The van der Waals surface area contributed by atoms with Gasteiger partial charge in [-0.25, -0.2) is 0 Å². The van der Waals surface area contributed by atoms with E-state index >= 15 is 0 Å². The van der Waals surface area contributed by atoms with Crippen LogP contribution in [0.2, 0.25) is 12.6 Å². The van der Waals surface area contributed by atoms with Crippen LogP contribution in [0.4, 0.5) is 0 Å². The van der Waals surface area contributed by atoms with E-state index in [1.807, 2.05) is 0 Å². The lowest BCUT2D eigenvalue weighted by Gasteiger charge is -2.26. The zero-order valence-electron chi connectivity index (χ0n) is 9.22. The Morgan fingerprint density at radius 3 is 2.25 bits per heavy atom. The van der Waals surface area contributed by atoms with Gasteiger partial charge in [0.05, 0.1) is 8.07 Å². The molecule has 0 rings (SSSR count). The summed E-state index contributed by atoms with van der Waals surface area (Å²) in [6.07, 6.45) is 4.83. The molecule has 0 fully saturated rings. The van der Waals surface area contributed by atoms with E-state index in [1.165, 1.54) is 18.6 Å². The van der Waals surface area contributed by atoms with Gasteiger partial charge in [-0.05, 0) is 27.2 Å². The highest BCUT2D eigenvalue weighted by Gasteiger charge is 2.22. The maximum Gasteiger partial charge on any atom is 0.0887 e. The first-order valence-corrected chi connectivity index (χ1v) is 7.82. The molecule has 2 heteroatoms. The van der Waals surface area contributed by atoms with Crippen molar-refractivity contribution in [1.29, 1.82) is 0 Å². The van der Waals surface area contributed by atoms with Gasteiger partial charge in [0, 0.05) is 0 Å². The van der Waals surface area contributed by atoms with Crippen LogP contribution in [0.3, 0.4) is 0 Å². The smallest absolute Gasteiger partial charge is 0.0887 e. The van der Waals surface area contributed by atoms with Crippen LogP contribution in [-0.4, -0.2) is 33.2 Å². The first kappa shape index (κ1) is 11.9. The van der Waals surface area contributed by atoms with Crippen molar-refractivity contribution in [3.8, 4) is 0 Å². The second kappa shape index (κ2) is 5.54. The monoisotopic (exact) mass is 185 g/mol. The Morgan fingerprint density at radius 1 is 1.33 bits per heavy atom. The van der Waals surface area contributed by atoms with Crippen molar-refractivity contribution >= 4 is 8.07 Å². The molecule has 0 saturated carbocycles. The SMILES string of the molecule is CC=C[Si](C)(CCC)CN(C)C. The summed E-state index contributed by atoms with van der Waals surface area (Å²) in [6, 6.07) is 1.41. The summed E-state index contributed by atoms with van der Waals surface area (Å²) < 4.78 is 0. The van der Waals surface area contributed by atoms with Crippen LogP contribution >= 0.6 is 0 Å².